The number of aromatic nitrogens is 1. The van der Waals surface area contributed by atoms with E-state index >= 15 is 0 Å². The Hall–Kier alpha value is -2.31. The summed E-state index contributed by atoms with van der Waals surface area (Å²) in [6.45, 7) is 3.40. The minimum absolute atomic E-state index is 0.117. The smallest absolute Gasteiger partial charge is 0.257 e. The maximum absolute atomic E-state index is 12.9. The van der Waals surface area contributed by atoms with Crippen LogP contribution in [0.5, 0.6) is 0 Å². The molecule has 3 aromatic rings. The summed E-state index contributed by atoms with van der Waals surface area (Å²) in [5.74, 6) is 0.773. The molecule has 0 spiro atoms. The molecule has 2 aromatic carbocycles. The van der Waals surface area contributed by atoms with Crippen LogP contribution in [0, 0.1) is 0 Å². The fourth-order valence-electron chi connectivity index (χ4n) is 3.09. The van der Waals surface area contributed by atoms with Crippen molar-refractivity contribution in [1.82, 2.24) is 14.8 Å². The SMILES string of the molecule is CN1CCN(C(=O)c2ccccc2CSc2nc3ccccc3o2)CC1. The normalized spacial score (nSPS) is 15.5. The van der Waals surface area contributed by atoms with Crippen LogP contribution in [0.4, 0.5) is 0 Å². The monoisotopic (exact) mass is 367 g/mol. The number of oxazole rings is 1. The molecule has 1 fully saturated rings. The minimum Gasteiger partial charge on any atom is -0.431 e. The summed E-state index contributed by atoms with van der Waals surface area (Å²) in [5.41, 5.74) is 3.44. The predicted octanol–water partition coefficient (Wildman–Crippen LogP) is 3.51. The largest absolute Gasteiger partial charge is 0.431 e. The second-order valence-electron chi connectivity index (χ2n) is 6.49. The maximum Gasteiger partial charge on any atom is 0.257 e. The van der Waals surface area contributed by atoms with Gasteiger partial charge in [0.2, 0.25) is 0 Å². The Morgan fingerprint density at radius 1 is 1.08 bits per heavy atom. The fraction of sp³-hybridized carbons (Fsp3) is 0.300. The van der Waals surface area contributed by atoms with Gasteiger partial charge in [-0.2, -0.15) is 0 Å². The fourth-order valence-corrected chi connectivity index (χ4v) is 3.93. The average molecular weight is 367 g/mol. The highest BCUT2D eigenvalue weighted by atomic mass is 32.2. The second kappa shape index (κ2) is 7.51. The topological polar surface area (TPSA) is 49.6 Å². The lowest BCUT2D eigenvalue weighted by Gasteiger charge is -2.32. The number of carbonyl (C=O) groups excluding carboxylic acids is 1. The van der Waals surface area contributed by atoms with Gasteiger partial charge in [-0.05, 0) is 30.8 Å². The number of nitrogens with zero attached hydrogens (tertiary/aromatic N) is 3. The molecule has 6 heteroatoms. The van der Waals surface area contributed by atoms with Gasteiger partial charge in [0.25, 0.3) is 11.1 Å². The van der Waals surface area contributed by atoms with Gasteiger partial charge in [-0.15, -0.1) is 0 Å². The van der Waals surface area contributed by atoms with Gasteiger partial charge in [-0.1, -0.05) is 42.1 Å². The Kier molecular flexibility index (Phi) is 4.95. The number of likely N-dealkylation sites (N-methyl/N-ethyl adjacent to an activating group) is 1. The molecule has 0 atom stereocenters. The summed E-state index contributed by atoms with van der Waals surface area (Å²) in [6, 6.07) is 15.6. The number of fused-ring (bicyclic) bond motifs is 1. The van der Waals surface area contributed by atoms with Crippen LogP contribution < -0.4 is 0 Å². The molecule has 2 heterocycles. The number of piperazine rings is 1. The molecule has 0 unspecified atom stereocenters. The quantitative estimate of drug-likeness (QED) is 0.661. The number of carbonyl (C=O) groups is 1. The predicted molar refractivity (Wildman–Crippen MR) is 103 cm³/mol. The summed E-state index contributed by atoms with van der Waals surface area (Å²) in [4.78, 5) is 21.6. The van der Waals surface area contributed by atoms with E-state index in [1.54, 1.807) is 0 Å². The van der Waals surface area contributed by atoms with E-state index in [-0.39, 0.29) is 5.91 Å². The molecule has 1 saturated heterocycles. The summed E-state index contributed by atoms with van der Waals surface area (Å²) >= 11 is 1.52. The number of rotatable bonds is 4. The van der Waals surface area contributed by atoms with E-state index in [0.29, 0.717) is 11.0 Å². The lowest BCUT2D eigenvalue weighted by atomic mass is 10.1. The number of amides is 1. The lowest BCUT2D eigenvalue weighted by Crippen LogP contribution is -2.47. The first kappa shape index (κ1) is 17.1. The van der Waals surface area contributed by atoms with Gasteiger partial charge in [-0.3, -0.25) is 4.79 Å². The second-order valence-corrected chi connectivity index (χ2v) is 7.42. The van der Waals surface area contributed by atoms with Gasteiger partial charge in [0.1, 0.15) is 5.52 Å². The van der Waals surface area contributed by atoms with E-state index in [2.05, 4.69) is 16.9 Å². The van der Waals surface area contributed by atoms with Gasteiger partial charge in [0, 0.05) is 37.5 Å². The van der Waals surface area contributed by atoms with Crippen molar-refractivity contribution >= 4 is 28.8 Å². The van der Waals surface area contributed by atoms with Crippen LogP contribution in [0.25, 0.3) is 11.1 Å². The maximum atomic E-state index is 12.9. The van der Waals surface area contributed by atoms with Crippen molar-refractivity contribution < 1.29 is 9.21 Å². The molecule has 0 N–H and O–H groups in total. The van der Waals surface area contributed by atoms with Gasteiger partial charge < -0.3 is 14.2 Å². The third-order valence-corrected chi connectivity index (χ3v) is 5.54. The lowest BCUT2D eigenvalue weighted by molar-refractivity contribution is 0.0663. The van der Waals surface area contributed by atoms with Gasteiger partial charge in [-0.25, -0.2) is 4.98 Å². The van der Waals surface area contributed by atoms with E-state index in [1.165, 1.54) is 11.8 Å². The molecule has 134 valence electrons. The van der Waals surface area contributed by atoms with E-state index in [4.69, 9.17) is 4.42 Å². The summed E-state index contributed by atoms with van der Waals surface area (Å²) in [7, 11) is 2.09. The van der Waals surface area contributed by atoms with Crippen LogP contribution in [-0.2, 0) is 5.75 Å². The Morgan fingerprint density at radius 2 is 1.81 bits per heavy atom. The summed E-state index contributed by atoms with van der Waals surface area (Å²) in [5, 5.41) is 0.632. The van der Waals surface area contributed by atoms with Crippen LogP contribution in [0.3, 0.4) is 0 Å². The third kappa shape index (κ3) is 3.61. The van der Waals surface area contributed by atoms with Crippen molar-refractivity contribution in [3.63, 3.8) is 0 Å². The molecular formula is C20H21N3O2S. The number of para-hydroxylation sites is 2. The standard InChI is InChI=1S/C20H21N3O2S/c1-22-10-12-23(13-11-22)19(24)16-7-3-2-6-15(16)14-26-20-21-17-8-4-5-9-18(17)25-20/h2-9H,10-14H2,1H3. The molecule has 1 aliphatic heterocycles. The molecule has 1 aliphatic rings. The van der Waals surface area contributed by atoms with Crippen molar-refractivity contribution in [2.45, 2.75) is 11.0 Å². The molecule has 26 heavy (non-hydrogen) atoms. The van der Waals surface area contributed by atoms with Gasteiger partial charge in [0.15, 0.2) is 5.58 Å². The van der Waals surface area contributed by atoms with E-state index < -0.39 is 0 Å². The first-order valence-corrected chi connectivity index (χ1v) is 9.73. The van der Waals surface area contributed by atoms with Crippen LogP contribution in [0.2, 0.25) is 0 Å². The van der Waals surface area contributed by atoms with E-state index in [9.17, 15) is 4.79 Å². The molecule has 0 radical (unpaired) electrons. The highest BCUT2D eigenvalue weighted by molar-refractivity contribution is 7.98. The van der Waals surface area contributed by atoms with E-state index in [0.717, 1.165) is 48.4 Å². The van der Waals surface area contributed by atoms with Crippen molar-refractivity contribution in [1.29, 1.82) is 0 Å². The summed E-state index contributed by atoms with van der Waals surface area (Å²) < 4.78 is 5.77. The van der Waals surface area contributed by atoms with Crippen molar-refractivity contribution in [3.05, 3.63) is 59.7 Å². The molecule has 5 nitrogen and oxygen atoms in total. The number of benzene rings is 2. The highest BCUT2D eigenvalue weighted by Crippen LogP contribution is 2.27. The summed E-state index contributed by atoms with van der Waals surface area (Å²) in [6.07, 6.45) is 0. The van der Waals surface area contributed by atoms with Gasteiger partial charge >= 0.3 is 0 Å². The molecule has 1 amide bonds. The number of hydrogen-bond donors (Lipinski definition) is 0. The van der Waals surface area contributed by atoms with Gasteiger partial charge in [0.05, 0.1) is 0 Å². The average Bonchev–Trinajstić information content (AvgIpc) is 3.10. The zero-order chi connectivity index (χ0) is 17.9. The first-order valence-electron chi connectivity index (χ1n) is 8.75. The molecule has 4 rings (SSSR count). The van der Waals surface area contributed by atoms with Crippen LogP contribution in [0.1, 0.15) is 15.9 Å². The molecule has 0 bridgehead atoms. The van der Waals surface area contributed by atoms with Crippen LogP contribution in [-0.4, -0.2) is 53.9 Å². The number of thioether (sulfide) groups is 1. The van der Waals surface area contributed by atoms with Crippen LogP contribution >= 0.6 is 11.8 Å². The van der Waals surface area contributed by atoms with Crippen molar-refractivity contribution in [2.24, 2.45) is 0 Å². The zero-order valence-corrected chi connectivity index (χ0v) is 15.5. The van der Waals surface area contributed by atoms with E-state index in [1.807, 2.05) is 53.4 Å². The third-order valence-electron chi connectivity index (χ3n) is 4.66. The Bertz CT molecular complexity index is 883. The minimum atomic E-state index is 0.117. The molecule has 1 aromatic heterocycles. The molecular weight excluding hydrogens is 346 g/mol. The Labute approximate surface area is 157 Å². The molecule has 0 saturated carbocycles. The molecule has 0 aliphatic carbocycles. The zero-order valence-electron chi connectivity index (χ0n) is 14.7. The van der Waals surface area contributed by atoms with Crippen molar-refractivity contribution in [3.8, 4) is 0 Å². The Balaban J connectivity index is 1.49. The number of hydrogen-bond acceptors (Lipinski definition) is 5. The Morgan fingerprint density at radius 3 is 2.62 bits per heavy atom. The first-order chi connectivity index (χ1) is 12.7. The van der Waals surface area contributed by atoms with Crippen molar-refractivity contribution in [2.75, 3.05) is 33.2 Å². The highest BCUT2D eigenvalue weighted by Gasteiger charge is 2.22. The van der Waals surface area contributed by atoms with Crippen LogP contribution in [0.15, 0.2) is 58.2 Å².